The van der Waals surface area contributed by atoms with Gasteiger partial charge < -0.3 is 39.8 Å². The highest BCUT2D eigenvalue weighted by atomic mass is 16.8. The molecule has 5 rings (SSSR count). The minimum Gasteiger partial charge on any atom is -0.499 e. The molecule has 0 saturated carbocycles. The zero-order chi connectivity index (χ0) is 30.2. The average Bonchev–Trinajstić information content (AvgIpc) is 3.56. The summed E-state index contributed by atoms with van der Waals surface area (Å²) >= 11 is 0. The Kier molecular flexibility index (Phi) is 9.88. The number of fused-ring (bicyclic) bond motifs is 2. The third kappa shape index (κ3) is 7.49. The summed E-state index contributed by atoms with van der Waals surface area (Å²) in [6, 6.07) is 14.8. The predicted molar refractivity (Wildman–Crippen MR) is 154 cm³/mol. The summed E-state index contributed by atoms with van der Waals surface area (Å²) in [5, 5.41) is 23.0. The highest BCUT2D eigenvalue weighted by Gasteiger charge is 2.55. The monoisotopic (exact) mass is 592 g/mol. The third-order valence-electron chi connectivity index (χ3n) is 7.53. The lowest BCUT2D eigenvalue weighted by Gasteiger charge is -2.30. The van der Waals surface area contributed by atoms with Gasteiger partial charge in [0, 0.05) is 44.3 Å². The number of amides is 2. The van der Waals surface area contributed by atoms with Gasteiger partial charge in [-0.25, -0.2) is 4.79 Å². The van der Waals surface area contributed by atoms with Gasteiger partial charge >= 0.3 is 5.97 Å². The van der Waals surface area contributed by atoms with E-state index in [1.807, 2.05) is 24.3 Å². The Bertz CT molecular complexity index is 1360. The molecule has 0 aromatic heterocycles. The van der Waals surface area contributed by atoms with E-state index in [9.17, 15) is 14.4 Å². The van der Waals surface area contributed by atoms with Gasteiger partial charge in [-0.1, -0.05) is 36.4 Å². The number of esters is 1. The van der Waals surface area contributed by atoms with E-state index in [0.29, 0.717) is 29.5 Å². The average molecular weight is 593 g/mol. The SMILES string of the molecule is O=C(CCNC(=O)C1=C[C@H]2OC3(Cc4ccccc4C3)O[C@H]2[C@H](OC(=O)c2cccc(C=COCCO)c2)C1)NCCO. The lowest BCUT2D eigenvalue weighted by atomic mass is 9.91. The Morgan fingerprint density at radius 2 is 1.77 bits per heavy atom. The smallest absolute Gasteiger partial charge is 0.338 e. The zero-order valence-electron chi connectivity index (χ0n) is 23.7. The summed E-state index contributed by atoms with van der Waals surface area (Å²) < 4.78 is 24.2. The Labute approximate surface area is 249 Å². The number of hydrogen-bond donors (Lipinski definition) is 4. The highest BCUT2D eigenvalue weighted by Crippen LogP contribution is 2.45. The maximum Gasteiger partial charge on any atom is 0.338 e. The van der Waals surface area contributed by atoms with Crippen LogP contribution in [0.4, 0.5) is 0 Å². The second-order valence-electron chi connectivity index (χ2n) is 10.6. The number of benzene rings is 2. The summed E-state index contributed by atoms with van der Waals surface area (Å²) in [6.45, 7) is 0.145. The fourth-order valence-corrected chi connectivity index (χ4v) is 5.57. The van der Waals surface area contributed by atoms with Crippen LogP contribution in [0, 0.1) is 0 Å². The quantitative estimate of drug-likeness (QED) is 0.163. The van der Waals surface area contributed by atoms with Crippen LogP contribution in [0.5, 0.6) is 0 Å². The van der Waals surface area contributed by atoms with Crippen molar-refractivity contribution in [2.45, 2.75) is 49.8 Å². The van der Waals surface area contributed by atoms with Gasteiger partial charge in [-0.2, -0.15) is 0 Å². The zero-order valence-corrected chi connectivity index (χ0v) is 23.7. The third-order valence-corrected chi connectivity index (χ3v) is 7.53. The molecule has 1 spiro atoms. The van der Waals surface area contributed by atoms with Crippen LogP contribution < -0.4 is 10.6 Å². The minimum atomic E-state index is -0.920. The van der Waals surface area contributed by atoms with Gasteiger partial charge in [0.1, 0.15) is 24.9 Å². The normalized spacial score (nSPS) is 21.6. The second kappa shape index (κ2) is 14.0. The first-order chi connectivity index (χ1) is 20.9. The maximum absolute atomic E-state index is 13.3. The molecule has 43 heavy (non-hydrogen) atoms. The Morgan fingerprint density at radius 3 is 2.51 bits per heavy atom. The van der Waals surface area contributed by atoms with Gasteiger partial charge in [-0.15, -0.1) is 0 Å². The molecule has 2 aromatic rings. The van der Waals surface area contributed by atoms with Crippen molar-refractivity contribution in [1.29, 1.82) is 0 Å². The number of rotatable bonds is 12. The first-order valence-electron chi connectivity index (χ1n) is 14.4. The molecule has 3 atom stereocenters. The molecule has 1 saturated heterocycles. The molecular weight excluding hydrogens is 556 g/mol. The molecule has 0 bridgehead atoms. The molecule has 1 aliphatic heterocycles. The lowest BCUT2D eigenvalue weighted by molar-refractivity contribution is -0.172. The van der Waals surface area contributed by atoms with E-state index in [1.165, 1.54) is 6.26 Å². The van der Waals surface area contributed by atoms with Crippen LogP contribution in [0.1, 0.15) is 39.9 Å². The number of ether oxygens (including phenoxy) is 4. The predicted octanol–water partition coefficient (Wildman–Crippen LogP) is 1.42. The van der Waals surface area contributed by atoms with E-state index >= 15 is 0 Å². The van der Waals surface area contributed by atoms with E-state index in [1.54, 1.807) is 36.4 Å². The van der Waals surface area contributed by atoms with Crippen LogP contribution >= 0.6 is 0 Å². The fraction of sp³-hybridized carbons (Fsp3) is 0.406. The number of carbonyl (C=O) groups is 3. The molecule has 1 heterocycles. The molecule has 11 heteroatoms. The van der Waals surface area contributed by atoms with Gasteiger partial charge in [0.15, 0.2) is 5.79 Å². The van der Waals surface area contributed by atoms with Crippen LogP contribution in [0.15, 0.2) is 66.4 Å². The van der Waals surface area contributed by atoms with Gasteiger partial charge in [-0.3, -0.25) is 9.59 Å². The number of aliphatic hydroxyl groups is 2. The van der Waals surface area contributed by atoms with Crippen LogP contribution in [0.25, 0.3) is 6.08 Å². The highest BCUT2D eigenvalue weighted by molar-refractivity contribution is 5.94. The summed E-state index contributed by atoms with van der Waals surface area (Å²) in [5.74, 6) is -2.16. The van der Waals surface area contributed by atoms with Crippen LogP contribution in [-0.2, 0) is 41.4 Å². The second-order valence-corrected chi connectivity index (χ2v) is 10.6. The minimum absolute atomic E-state index is 0.0558. The van der Waals surface area contributed by atoms with Gasteiger partial charge in [0.25, 0.3) is 0 Å². The number of nitrogens with one attached hydrogen (secondary N) is 2. The molecular formula is C32H36N2O9. The maximum atomic E-state index is 13.3. The van der Waals surface area contributed by atoms with Crippen LogP contribution in [0.2, 0.25) is 0 Å². The summed E-state index contributed by atoms with van der Waals surface area (Å²) in [6.07, 6.45) is 4.06. The summed E-state index contributed by atoms with van der Waals surface area (Å²) in [4.78, 5) is 38.3. The molecule has 2 amide bonds. The Hall–Kier alpha value is -4.03. The van der Waals surface area contributed by atoms with Crippen molar-refractivity contribution in [2.75, 3.05) is 32.9 Å². The van der Waals surface area contributed by atoms with Crippen molar-refractivity contribution in [3.63, 3.8) is 0 Å². The lowest BCUT2D eigenvalue weighted by Crippen LogP contribution is -2.44. The van der Waals surface area contributed by atoms with Crippen LogP contribution in [-0.4, -0.2) is 85.0 Å². The van der Waals surface area contributed by atoms with E-state index in [4.69, 9.17) is 29.2 Å². The molecule has 4 N–H and O–H groups in total. The summed E-state index contributed by atoms with van der Waals surface area (Å²) in [5.41, 5.74) is 3.66. The fourth-order valence-electron chi connectivity index (χ4n) is 5.57. The van der Waals surface area contributed by atoms with Crippen molar-refractivity contribution >= 4 is 23.9 Å². The molecule has 0 radical (unpaired) electrons. The number of carbonyl (C=O) groups excluding carboxylic acids is 3. The van der Waals surface area contributed by atoms with E-state index in [-0.39, 0.29) is 57.6 Å². The van der Waals surface area contributed by atoms with E-state index < -0.39 is 30.1 Å². The van der Waals surface area contributed by atoms with E-state index in [0.717, 1.165) is 11.1 Å². The molecule has 228 valence electrons. The van der Waals surface area contributed by atoms with Gasteiger partial charge in [0.2, 0.25) is 11.8 Å². The van der Waals surface area contributed by atoms with E-state index in [2.05, 4.69) is 10.6 Å². The molecule has 2 aliphatic carbocycles. The topological polar surface area (TPSA) is 153 Å². The largest absolute Gasteiger partial charge is 0.499 e. The molecule has 0 unspecified atom stereocenters. The Morgan fingerprint density at radius 1 is 0.977 bits per heavy atom. The van der Waals surface area contributed by atoms with Crippen molar-refractivity contribution in [3.8, 4) is 0 Å². The molecule has 11 nitrogen and oxygen atoms in total. The Balaban J connectivity index is 1.30. The molecule has 2 aromatic carbocycles. The van der Waals surface area contributed by atoms with Crippen molar-refractivity contribution < 1.29 is 43.5 Å². The first-order valence-corrected chi connectivity index (χ1v) is 14.4. The number of hydrogen-bond acceptors (Lipinski definition) is 9. The van der Waals surface area contributed by atoms with Crippen molar-refractivity contribution in [1.82, 2.24) is 10.6 Å². The van der Waals surface area contributed by atoms with Crippen molar-refractivity contribution in [3.05, 3.63) is 88.7 Å². The first kappa shape index (κ1) is 30.4. The van der Waals surface area contributed by atoms with Crippen molar-refractivity contribution in [2.24, 2.45) is 0 Å². The molecule has 3 aliphatic rings. The van der Waals surface area contributed by atoms with Gasteiger partial charge in [-0.05, 0) is 41.0 Å². The standard InChI is InChI=1S/C32H36N2O9/c35-12-11-33-28(37)8-10-34-30(38)25-17-26(41-31(39)22-7-3-4-21(16-22)9-14-40-15-13-36)29-27(18-25)42-32(43-29)19-23-5-1-2-6-24(23)20-32/h1-7,9,14,16,18,26-27,29,35-36H,8,10-13,15,17,19-20H2,(H,33,37)(H,34,38)/t26-,27-,29+/m1/s1. The van der Waals surface area contributed by atoms with Crippen LogP contribution in [0.3, 0.4) is 0 Å². The van der Waals surface area contributed by atoms with Gasteiger partial charge in [0.05, 0.1) is 25.0 Å². The number of aliphatic hydroxyl groups excluding tert-OH is 2. The molecule has 1 fully saturated rings. The summed E-state index contributed by atoms with van der Waals surface area (Å²) in [7, 11) is 0.